The van der Waals surface area contributed by atoms with Crippen LogP contribution in [0.25, 0.3) is 0 Å². The van der Waals surface area contributed by atoms with Crippen molar-refractivity contribution in [2.24, 2.45) is 5.14 Å². The van der Waals surface area contributed by atoms with Gasteiger partial charge >= 0.3 is 10.3 Å². The summed E-state index contributed by atoms with van der Waals surface area (Å²) >= 11 is 0. The van der Waals surface area contributed by atoms with Crippen LogP contribution in [0.5, 0.6) is 5.75 Å². The van der Waals surface area contributed by atoms with Crippen molar-refractivity contribution < 1.29 is 12.6 Å². The second-order valence-electron chi connectivity index (χ2n) is 2.68. The van der Waals surface area contributed by atoms with E-state index in [1.54, 1.807) is 30.3 Å². The molecule has 0 fully saturated rings. The van der Waals surface area contributed by atoms with Crippen LogP contribution in [-0.2, 0) is 16.7 Å². The third-order valence-electron chi connectivity index (χ3n) is 1.54. The van der Waals surface area contributed by atoms with E-state index in [-0.39, 0.29) is 5.75 Å². The summed E-state index contributed by atoms with van der Waals surface area (Å²) in [6.07, 6.45) is 2.19. The minimum absolute atomic E-state index is 0.245. The second kappa shape index (κ2) is 4.26. The molecular formula is C9H11NO3S. The van der Waals surface area contributed by atoms with Gasteiger partial charge in [-0.25, -0.2) is 0 Å². The molecule has 0 atom stereocenters. The third-order valence-corrected chi connectivity index (χ3v) is 1.95. The summed E-state index contributed by atoms with van der Waals surface area (Å²) in [5.41, 5.74) is 0.733. The predicted octanol–water partition coefficient (Wildman–Crippen LogP) is 0.997. The lowest BCUT2D eigenvalue weighted by Gasteiger charge is -2.06. The Bertz CT molecular complexity index is 425. The topological polar surface area (TPSA) is 69.4 Å². The summed E-state index contributed by atoms with van der Waals surface area (Å²) in [6.45, 7) is 3.56. The molecule has 0 aliphatic heterocycles. The largest absolute Gasteiger partial charge is 0.380 e. The fourth-order valence-corrected chi connectivity index (χ4v) is 1.45. The van der Waals surface area contributed by atoms with E-state index in [9.17, 15) is 8.42 Å². The van der Waals surface area contributed by atoms with E-state index in [4.69, 9.17) is 5.14 Å². The summed E-state index contributed by atoms with van der Waals surface area (Å²) in [6, 6.07) is 6.76. The second-order valence-corrected chi connectivity index (χ2v) is 3.83. The first-order valence-corrected chi connectivity index (χ1v) is 5.41. The maximum atomic E-state index is 10.7. The van der Waals surface area contributed by atoms with E-state index in [1.807, 2.05) is 0 Å². The highest BCUT2D eigenvalue weighted by molar-refractivity contribution is 7.84. The molecule has 14 heavy (non-hydrogen) atoms. The van der Waals surface area contributed by atoms with Crippen LogP contribution in [0.4, 0.5) is 0 Å². The first-order chi connectivity index (χ1) is 6.53. The molecule has 0 aromatic heterocycles. The highest BCUT2D eigenvalue weighted by atomic mass is 32.2. The van der Waals surface area contributed by atoms with Crippen LogP contribution >= 0.6 is 0 Å². The fraction of sp³-hybridized carbons (Fsp3) is 0.111. The first kappa shape index (κ1) is 10.7. The lowest BCUT2D eigenvalue weighted by molar-refractivity contribution is 0.485. The Morgan fingerprint density at radius 2 is 2.07 bits per heavy atom. The molecule has 0 heterocycles. The third kappa shape index (κ3) is 3.20. The van der Waals surface area contributed by atoms with Crippen LogP contribution in [0.1, 0.15) is 5.56 Å². The number of hydrogen-bond donors (Lipinski definition) is 1. The maximum Gasteiger partial charge on any atom is 0.380 e. The molecule has 0 amide bonds. The standard InChI is InChI=1S/C9H11NO3S/c1-2-5-8-6-3-4-7-9(8)13-14(10,11)12/h2-4,6-7H,1,5H2,(H2,10,11,12). The molecule has 1 aromatic carbocycles. The molecule has 0 spiro atoms. The van der Waals surface area contributed by atoms with Gasteiger partial charge in [-0.15, -0.1) is 6.58 Å². The van der Waals surface area contributed by atoms with Crippen molar-refractivity contribution >= 4 is 10.3 Å². The molecular weight excluding hydrogens is 202 g/mol. The molecule has 0 saturated carbocycles. The highest BCUT2D eigenvalue weighted by Gasteiger charge is 2.08. The number of rotatable bonds is 4. The van der Waals surface area contributed by atoms with Gasteiger partial charge in [0.05, 0.1) is 0 Å². The normalized spacial score (nSPS) is 10.9. The Morgan fingerprint density at radius 3 is 2.64 bits per heavy atom. The summed E-state index contributed by atoms with van der Waals surface area (Å²) < 4.78 is 26.0. The molecule has 0 aliphatic rings. The predicted molar refractivity (Wildman–Crippen MR) is 54.1 cm³/mol. The number of benzene rings is 1. The smallest absolute Gasteiger partial charge is 0.371 e. The summed E-state index contributed by atoms with van der Waals surface area (Å²) in [5.74, 6) is 0.245. The van der Waals surface area contributed by atoms with Crippen molar-refractivity contribution in [3.8, 4) is 5.75 Å². The summed E-state index contributed by atoms with van der Waals surface area (Å²) in [7, 11) is -3.95. The zero-order valence-corrected chi connectivity index (χ0v) is 8.33. The van der Waals surface area contributed by atoms with E-state index < -0.39 is 10.3 Å². The molecule has 2 N–H and O–H groups in total. The van der Waals surface area contributed by atoms with E-state index in [1.165, 1.54) is 0 Å². The van der Waals surface area contributed by atoms with Crippen molar-refractivity contribution in [1.29, 1.82) is 0 Å². The van der Waals surface area contributed by atoms with Crippen LogP contribution in [0, 0.1) is 0 Å². The van der Waals surface area contributed by atoms with Gasteiger partial charge in [0.25, 0.3) is 0 Å². The Balaban J connectivity index is 3.01. The number of hydrogen-bond acceptors (Lipinski definition) is 3. The fourth-order valence-electron chi connectivity index (χ4n) is 1.03. The number of nitrogens with two attached hydrogens (primary N) is 1. The molecule has 0 aliphatic carbocycles. The zero-order valence-electron chi connectivity index (χ0n) is 7.51. The molecule has 0 saturated heterocycles. The Kier molecular flexibility index (Phi) is 3.27. The van der Waals surface area contributed by atoms with E-state index in [2.05, 4.69) is 10.8 Å². The van der Waals surface area contributed by atoms with Gasteiger partial charge in [0.1, 0.15) is 5.75 Å². The lowest BCUT2D eigenvalue weighted by Crippen LogP contribution is -2.19. The number of para-hydroxylation sites is 1. The van der Waals surface area contributed by atoms with E-state index in [0.717, 1.165) is 5.56 Å². The van der Waals surface area contributed by atoms with Crippen molar-refractivity contribution in [1.82, 2.24) is 0 Å². The van der Waals surface area contributed by atoms with Gasteiger partial charge in [-0.2, -0.15) is 13.6 Å². The summed E-state index contributed by atoms with van der Waals surface area (Å²) in [5, 5.41) is 4.76. The molecule has 0 unspecified atom stereocenters. The molecule has 0 radical (unpaired) electrons. The Labute approximate surface area is 83.3 Å². The van der Waals surface area contributed by atoms with Gasteiger partial charge in [-0.05, 0) is 18.1 Å². The molecule has 1 aromatic rings. The summed E-state index contributed by atoms with van der Waals surface area (Å²) in [4.78, 5) is 0. The lowest BCUT2D eigenvalue weighted by atomic mass is 10.1. The average molecular weight is 213 g/mol. The van der Waals surface area contributed by atoms with Gasteiger partial charge in [-0.1, -0.05) is 24.3 Å². The first-order valence-electron chi connectivity index (χ1n) is 3.94. The van der Waals surface area contributed by atoms with Crippen molar-refractivity contribution in [2.75, 3.05) is 0 Å². The van der Waals surface area contributed by atoms with Crippen LogP contribution in [0.2, 0.25) is 0 Å². The van der Waals surface area contributed by atoms with Crippen LogP contribution in [0.3, 0.4) is 0 Å². The Morgan fingerprint density at radius 1 is 1.43 bits per heavy atom. The Hall–Kier alpha value is -1.33. The number of allylic oxidation sites excluding steroid dienone is 1. The van der Waals surface area contributed by atoms with Crippen molar-refractivity contribution in [3.63, 3.8) is 0 Å². The van der Waals surface area contributed by atoms with Crippen molar-refractivity contribution in [2.45, 2.75) is 6.42 Å². The molecule has 76 valence electrons. The van der Waals surface area contributed by atoms with Crippen LogP contribution in [0.15, 0.2) is 36.9 Å². The minimum Gasteiger partial charge on any atom is -0.371 e. The van der Waals surface area contributed by atoms with E-state index >= 15 is 0 Å². The molecule has 5 heteroatoms. The minimum atomic E-state index is -3.95. The monoisotopic (exact) mass is 213 g/mol. The van der Waals surface area contributed by atoms with Gasteiger partial charge in [0, 0.05) is 0 Å². The molecule has 0 bridgehead atoms. The van der Waals surface area contributed by atoms with Crippen LogP contribution in [-0.4, -0.2) is 8.42 Å². The quantitative estimate of drug-likeness (QED) is 0.758. The zero-order chi connectivity index (χ0) is 10.6. The van der Waals surface area contributed by atoms with Gasteiger partial charge in [0.2, 0.25) is 0 Å². The van der Waals surface area contributed by atoms with Crippen molar-refractivity contribution in [3.05, 3.63) is 42.5 Å². The molecule has 4 nitrogen and oxygen atoms in total. The van der Waals surface area contributed by atoms with E-state index in [0.29, 0.717) is 6.42 Å². The van der Waals surface area contributed by atoms with Crippen LogP contribution < -0.4 is 9.32 Å². The van der Waals surface area contributed by atoms with Gasteiger partial charge < -0.3 is 4.18 Å². The molecule has 1 rings (SSSR count). The average Bonchev–Trinajstić information content (AvgIpc) is 2.06. The maximum absolute atomic E-state index is 10.7. The van der Waals surface area contributed by atoms with Gasteiger partial charge in [-0.3, -0.25) is 0 Å². The van der Waals surface area contributed by atoms with Gasteiger partial charge in [0.15, 0.2) is 0 Å². The highest BCUT2D eigenvalue weighted by Crippen LogP contribution is 2.19. The SMILES string of the molecule is C=CCc1ccccc1OS(N)(=O)=O.